The van der Waals surface area contributed by atoms with Crippen molar-refractivity contribution >= 4 is 29.0 Å². The quantitative estimate of drug-likeness (QED) is 0.591. The number of nitrogens with one attached hydrogen (secondary N) is 1. The molecule has 0 radical (unpaired) electrons. The third kappa shape index (κ3) is 5.12. The molecular formula is C19H30N6O4. The van der Waals surface area contributed by atoms with Crippen molar-refractivity contribution in [3.05, 3.63) is 20.8 Å². The molecule has 2 rings (SSSR count). The maximum Gasteiger partial charge on any atom is 0.330 e. The lowest BCUT2D eigenvalue weighted by Crippen LogP contribution is -2.45. The van der Waals surface area contributed by atoms with E-state index in [9.17, 15) is 19.2 Å². The van der Waals surface area contributed by atoms with E-state index in [1.54, 1.807) is 0 Å². The van der Waals surface area contributed by atoms with Crippen molar-refractivity contribution in [1.29, 1.82) is 0 Å². The van der Waals surface area contributed by atoms with Crippen LogP contribution in [-0.4, -0.2) is 45.7 Å². The van der Waals surface area contributed by atoms with Crippen molar-refractivity contribution in [3.63, 3.8) is 0 Å². The number of hydrogen-bond acceptors (Lipinski definition) is 6. The number of nitrogens with two attached hydrogens (primary N) is 1. The molecule has 1 aromatic heterocycles. The molecule has 2 amide bonds. The van der Waals surface area contributed by atoms with Gasteiger partial charge in [-0.1, -0.05) is 33.1 Å². The minimum absolute atomic E-state index is 0.0297. The highest BCUT2D eigenvalue weighted by molar-refractivity contribution is 6.44. The number of carbonyl (C=O) groups is 2. The van der Waals surface area contributed by atoms with E-state index in [1.165, 1.54) is 16.5 Å². The van der Waals surface area contributed by atoms with Gasteiger partial charge in [-0.25, -0.2) is 9.80 Å². The first-order valence-electron chi connectivity index (χ1n) is 10.1. The van der Waals surface area contributed by atoms with E-state index in [2.05, 4.69) is 10.1 Å². The number of anilines is 2. The molecule has 1 aliphatic heterocycles. The molecular weight excluding hydrogens is 376 g/mol. The van der Waals surface area contributed by atoms with Gasteiger partial charge in [0.05, 0.1) is 0 Å². The summed E-state index contributed by atoms with van der Waals surface area (Å²) in [5.74, 6) is -0.680. The average molecular weight is 406 g/mol. The molecule has 1 aromatic rings. The molecule has 1 aliphatic rings. The summed E-state index contributed by atoms with van der Waals surface area (Å²) in [6.45, 7) is 4.63. The van der Waals surface area contributed by atoms with Gasteiger partial charge < -0.3 is 5.73 Å². The molecule has 0 saturated heterocycles. The molecule has 10 heteroatoms. The van der Waals surface area contributed by atoms with Crippen molar-refractivity contribution in [3.8, 4) is 0 Å². The normalized spacial score (nSPS) is 14.1. The summed E-state index contributed by atoms with van der Waals surface area (Å²) in [6, 6.07) is 0. The van der Waals surface area contributed by atoms with Crippen LogP contribution in [0.25, 0.3) is 0 Å². The van der Waals surface area contributed by atoms with Crippen molar-refractivity contribution in [2.24, 2.45) is 5.10 Å². The van der Waals surface area contributed by atoms with E-state index in [4.69, 9.17) is 5.73 Å². The highest BCUT2D eigenvalue weighted by Crippen LogP contribution is 2.20. The van der Waals surface area contributed by atoms with Gasteiger partial charge in [0.1, 0.15) is 11.5 Å². The van der Waals surface area contributed by atoms with Crippen LogP contribution in [0.15, 0.2) is 14.7 Å². The van der Waals surface area contributed by atoms with Crippen molar-refractivity contribution in [2.45, 2.75) is 65.3 Å². The van der Waals surface area contributed by atoms with Crippen LogP contribution in [0.1, 0.15) is 58.8 Å². The van der Waals surface area contributed by atoms with Crippen LogP contribution >= 0.6 is 0 Å². The van der Waals surface area contributed by atoms with E-state index in [1.807, 2.05) is 13.8 Å². The predicted octanol–water partition coefficient (Wildman–Crippen LogP) is 1.05. The van der Waals surface area contributed by atoms with E-state index in [0.29, 0.717) is 19.4 Å². The molecule has 0 aromatic carbocycles. The third-order valence-corrected chi connectivity index (χ3v) is 4.90. The molecule has 0 bridgehead atoms. The van der Waals surface area contributed by atoms with Gasteiger partial charge in [0.15, 0.2) is 5.69 Å². The molecule has 10 nitrogen and oxygen atoms in total. The number of unbranched alkanes of at least 4 members (excludes halogenated alkanes) is 3. The van der Waals surface area contributed by atoms with Crippen LogP contribution in [0.4, 0.5) is 11.5 Å². The van der Waals surface area contributed by atoms with Crippen LogP contribution in [0.3, 0.4) is 0 Å². The highest BCUT2D eigenvalue weighted by atomic mass is 16.2. The Labute approximate surface area is 169 Å². The van der Waals surface area contributed by atoms with Crippen LogP contribution in [0, 0.1) is 0 Å². The molecule has 0 saturated carbocycles. The van der Waals surface area contributed by atoms with Gasteiger partial charge in [-0.2, -0.15) is 5.10 Å². The van der Waals surface area contributed by atoms with Gasteiger partial charge >= 0.3 is 5.69 Å². The Morgan fingerprint density at radius 1 is 1.14 bits per heavy atom. The SMILES string of the molecule is CCCCCN(C(=O)C1=NN(C)C(=O)CC1)c1c(N)n(CCCC)c(=O)[nH]c1=O. The summed E-state index contributed by atoms with van der Waals surface area (Å²) in [7, 11) is 1.49. The second-order valence-corrected chi connectivity index (χ2v) is 7.13. The Bertz CT molecular complexity index is 901. The number of rotatable bonds is 9. The average Bonchev–Trinajstić information content (AvgIpc) is 2.68. The van der Waals surface area contributed by atoms with E-state index >= 15 is 0 Å². The number of nitrogens with zero attached hydrogens (tertiary/aromatic N) is 4. The zero-order chi connectivity index (χ0) is 21.6. The summed E-state index contributed by atoms with van der Waals surface area (Å²) >= 11 is 0. The predicted molar refractivity (Wildman–Crippen MR) is 112 cm³/mol. The number of nitrogen functional groups attached to an aromatic ring is 1. The largest absolute Gasteiger partial charge is 0.383 e. The van der Waals surface area contributed by atoms with Crippen LogP contribution < -0.4 is 21.9 Å². The second kappa shape index (κ2) is 10.0. The minimum Gasteiger partial charge on any atom is -0.383 e. The monoisotopic (exact) mass is 406 g/mol. The molecule has 3 N–H and O–H groups in total. The van der Waals surface area contributed by atoms with Crippen LogP contribution in [0.2, 0.25) is 0 Å². The standard InChI is InChI=1S/C19H30N6O4/c1-4-6-8-12-24(18(28)13-9-10-14(26)23(3)22-13)15-16(20)25(11-7-5-2)19(29)21-17(15)27/h4-12,20H2,1-3H3,(H,21,27,29). The number of aromatic nitrogens is 2. The molecule has 0 fully saturated rings. The van der Waals surface area contributed by atoms with Gasteiger partial charge in [0.25, 0.3) is 11.5 Å². The second-order valence-electron chi connectivity index (χ2n) is 7.13. The van der Waals surface area contributed by atoms with Crippen LogP contribution in [0.5, 0.6) is 0 Å². The topological polar surface area (TPSA) is 134 Å². The fourth-order valence-electron chi connectivity index (χ4n) is 3.19. The van der Waals surface area contributed by atoms with Crippen molar-refractivity contribution < 1.29 is 9.59 Å². The van der Waals surface area contributed by atoms with Gasteiger partial charge in [0, 0.05) is 33.0 Å². The van der Waals surface area contributed by atoms with Gasteiger partial charge in [-0.15, -0.1) is 0 Å². The number of hydrogen-bond donors (Lipinski definition) is 2. The van der Waals surface area contributed by atoms with Crippen LogP contribution in [-0.2, 0) is 16.1 Å². The number of hydrazone groups is 1. The number of amides is 2. The molecule has 2 heterocycles. The minimum atomic E-state index is -0.703. The summed E-state index contributed by atoms with van der Waals surface area (Å²) in [5.41, 5.74) is 5.05. The summed E-state index contributed by atoms with van der Waals surface area (Å²) in [6.07, 6.45) is 4.38. The van der Waals surface area contributed by atoms with E-state index < -0.39 is 17.2 Å². The van der Waals surface area contributed by atoms with Crippen molar-refractivity contribution in [2.75, 3.05) is 24.2 Å². The zero-order valence-electron chi connectivity index (χ0n) is 17.4. The lowest BCUT2D eigenvalue weighted by atomic mass is 10.1. The van der Waals surface area contributed by atoms with Gasteiger partial charge in [-0.05, 0) is 12.8 Å². The maximum absolute atomic E-state index is 13.2. The van der Waals surface area contributed by atoms with E-state index in [-0.39, 0.29) is 42.5 Å². The molecule has 0 atom stereocenters. The Balaban J connectivity index is 2.51. The third-order valence-electron chi connectivity index (χ3n) is 4.90. The molecule has 0 aliphatic carbocycles. The first kappa shape index (κ1) is 22.4. The van der Waals surface area contributed by atoms with Gasteiger partial charge in [-0.3, -0.25) is 28.8 Å². The highest BCUT2D eigenvalue weighted by Gasteiger charge is 2.30. The lowest BCUT2D eigenvalue weighted by molar-refractivity contribution is -0.130. The number of carbonyl (C=O) groups excluding carboxylic acids is 2. The summed E-state index contributed by atoms with van der Waals surface area (Å²) in [4.78, 5) is 53.3. The summed E-state index contributed by atoms with van der Waals surface area (Å²) in [5, 5.41) is 5.21. The van der Waals surface area contributed by atoms with E-state index in [0.717, 1.165) is 24.3 Å². The first-order chi connectivity index (χ1) is 13.8. The number of H-pyrrole nitrogens is 1. The molecule has 0 spiro atoms. The Morgan fingerprint density at radius 3 is 2.45 bits per heavy atom. The molecule has 160 valence electrons. The fraction of sp³-hybridized carbons (Fsp3) is 0.632. The Morgan fingerprint density at radius 2 is 1.83 bits per heavy atom. The fourth-order valence-corrected chi connectivity index (χ4v) is 3.19. The smallest absolute Gasteiger partial charge is 0.330 e. The summed E-state index contributed by atoms with van der Waals surface area (Å²) < 4.78 is 1.29. The maximum atomic E-state index is 13.2. The molecule has 0 unspecified atom stereocenters. The lowest BCUT2D eigenvalue weighted by Gasteiger charge is -2.27. The van der Waals surface area contributed by atoms with Gasteiger partial charge in [0.2, 0.25) is 5.91 Å². The van der Waals surface area contributed by atoms with Crippen molar-refractivity contribution in [1.82, 2.24) is 14.6 Å². The number of aromatic amines is 1. The molecule has 29 heavy (non-hydrogen) atoms. The Hall–Kier alpha value is -2.91. The zero-order valence-corrected chi connectivity index (χ0v) is 17.4. The Kier molecular flexibility index (Phi) is 7.74. The first-order valence-corrected chi connectivity index (χ1v) is 10.1.